The topological polar surface area (TPSA) is 59.8 Å². The highest BCUT2D eigenvalue weighted by Crippen LogP contribution is 2.16. The number of rotatable bonds is 4. The summed E-state index contributed by atoms with van der Waals surface area (Å²) in [6.45, 7) is 8.21. The molecule has 128 valence electrons. The van der Waals surface area contributed by atoms with Crippen LogP contribution in [0.2, 0.25) is 0 Å². The number of carbonyl (C=O) groups is 1. The molecule has 0 aliphatic carbocycles. The molecule has 0 unspecified atom stereocenters. The second kappa shape index (κ2) is 6.89. The van der Waals surface area contributed by atoms with Gasteiger partial charge < -0.3 is 5.32 Å². The van der Waals surface area contributed by atoms with E-state index < -0.39 is 0 Å². The molecule has 5 heteroatoms. The summed E-state index contributed by atoms with van der Waals surface area (Å²) in [5.74, 6) is -0.0799. The number of benzene rings is 2. The average molecular weight is 334 g/mol. The summed E-state index contributed by atoms with van der Waals surface area (Å²) in [7, 11) is 0. The molecule has 2 aromatic carbocycles. The fraction of sp³-hybridized carbons (Fsp3) is 0.250. The highest BCUT2D eigenvalue weighted by molar-refractivity contribution is 5.97. The lowest BCUT2D eigenvalue weighted by Crippen LogP contribution is -2.25. The molecule has 1 aromatic heterocycles. The molecule has 0 aliphatic rings. The van der Waals surface area contributed by atoms with Crippen LogP contribution >= 0.6 is 0 Å². The zero-order valence-electron chi connectivity index (χ0n) is 15.0. The van der Waals surface area contributed by atoms with Gasteiger partial charge in [0.05, 0.1) is 17.9 Å². The average Bonchev–Trinajstić information content (AvgIpc) is 2.94. The first-order valence-corrected chi connectivity index (χ1v) is 8.30. The van der Waals surface area contributed by atoms with E-state index in [9.17, 15) is 4.79 Å². The number of aromatic nitrogens is 3. The monoisotopic (exact) mass is 334 g/mol. The zero-order chi connectivity index (χ0) is 18.0. The lowest BCUT2D eigenvalue weighted by Gasteiger charge is -2.11. The Morgan fingerprint density at radius 1 is 1.00 bits per heavy atom. The summed E-state index contributed by atoms with van der Waals surface area (Å²) in [6, 6.07) is 13.8. The molecule has 0 aliphatic heterocycles. The molecule has 0 saturated heterocycles. The van der Waals surface area contributed by atoms with E-state index in [0.29, 0.717) is 6.54 Å². The van der Waals surface area contributed by atoms with Gasteiger partial charge in [-0.25, -0.2) is 0 Å². The molecule has 0 bridgehead atoms. The molecule has 1 N–H and O–H groups in total. The molecule has 0 radical (unpaired) electrons. The van der Waals surface area contributed by atoms with Crippen molar-refractivity contribution in [2.24, 2.45) is 0 Å². The lowest BCUT2D eigenvalue weighted by molar-refractivity contribution is 0.0949. The van der Waals surface area contributed by atoms with Gasteiger partial charge >= 0.3 is 0 Å². The number of hydrogen-bond acceptors (Lipinski definition) is 3. The van der Waals surface area contributed by atoms with Crippen LogP contribution in [0.5, 0.6) is 0 Å². The Kier molecular flexibility index (Phi) is 4.65. The number of aryl methyl sites for hydroxylation is 4. The maximum Gasteiger partial charge on any atom is 0.252 e. The Labute approximate surface area is 147 Å². The molecule has 3 rings (SSSR count). The quantitative estimate of drug-likeness (QED) is 0.795. The first-order chi connectivity index (χ1) is 12.0. The summed E-state index contributed by atoms with van der Waals surface area (Å²) in [6.07, 6.45) is 0. The van der Waals surface area contributed by atoms with Crippen molar-refractivity contribution in [2.45, 2.75) is 34.2 Å². The Morgan fingerprint density at radius 2 is 1.64 bits per heavy atom. The van der Waals surface area contributed by atoms with Crippen molar-refractivity contribution >= 4 is 5.91 Å². The predicted molar refractivity (Wildman–Crippen MR) is 97.9 cm³/mol. The minimum absolute atomic E-state index is 0.0799. The molecular weight excluding hydrogens is 312 g/mol. The van der Waals surface area contributed by atoms with Crippen molar-refractivity contribution in [1.82, 2.24) is 20.3 Å². The van der Waals surface area contributed by atoms with Crippen LogP contribution in [0.15, 0.2) is 42.5 Å². The van der Waals surface area contributed by atoms with Crippen LogP contribution in [-0.4, -0.2) is 20.9 Å². The molecule has 1 heterocycles. The summed E-state index contributed by atoms with van der Waals surface area (Å²) >= 11 is 0. The zero-order valence-corrected chi connectivity index (χ0v) is 15.0. The van der Waals surface area contributed by atoms with Crippen molar-refractivity contribution < 1.29 is 4.79 Å². The van der Waals surface area contributed by atoms with Crippen LogP contribution in [-0.2, 0) is 6.54 Å². The van der Waals surface area contributed by atoms with Crippen molar-refractivity contribution in [1.29, 1.82) is 0 Å². The van der Waals surface area contributed by atoms with Crippen LogP contribution in [0, 0.1) is 27.7 Å². The minimum atomic E-state index is -0.0799. The molecule has 0 atom stereocenters. The van der Waals surface area contributed by atoms with Crippen molar-refractivity contribution in [3.63, 3.8) is 0 Å². The molecule has 0 spiro atoms. The summed E-state index contributed by atoms with van der Waals surface area (Å²) < 4.78 is 0. The van der Waals surface area contributed by atoms with E-state index in [0.717, 1.165) is 39.3 Å². The number of nitrogens with zero attached hydrogens (tertiary/aromatic N) is 3. The van der Waals surface area contributed by atoms with Crippen molar-refractivity contribution in [2.75, 3.05) is 0 Å². The molecular formula is C20H22N4O. The van der Waals surface area contributed by atoms with Gasteiger partial charge in [0.15, 0.2) is 0 Å². The van der Waals surface area contributed by atoms with E-state index in [4.69, 9.17) is 0 Å². The fourth-order valence-corrected chi connectivity index (χ4v) is 3.04. The SMILES string of the molecule is Cc1cc(C)c(C(=O)NCc2nn(-c3ccccc3)nc2C)c(C)c1. The second-order valence-electron chi connectivity index (χ2n) is 6.31. The van der Waals surface area contributed by atoms with Gasteiger partial charge in [-0.05, 0) is 51.0 Å². The molecule has 1 amide bonds. The fourth-order valence-electron chi connectivity index (χ4n) is 3.04. The first-order valence-electron chi connectivity index (χ1n) is 8.30. The summed E-state index contributed by atoms with van der Waals surface area (Å²) in [4.78, 5) is 14.2. The number of para-hydroxylation sites is 1. The summed E-state index contributed by atoms with van der Waals surface area (Å²) in [5.41, 5.74) is 6.33. The Hall–Kier alpha value is -2.95. The third-order valence-electron chi connectivity index (χ3n) is 4.19. The normalized spacial score (nSPS) is 10.7. The molecule has 0 saturated carbocycles. The number of nitrogens with one attached hydrogen (secondary N) is 1. The Morgan fingerprint density at radius 3 is 2.28 bits per heavy atom. The second-order valence-corrected chi connectivity index (χ2v) is 6.31. The Bertz CT molecular complexity index is 890. The first kappa shape index (κ1) is 16.9. The molecule has 3 aromatic rings. The maximum absolute atomic E-state index is 12.6. The number of hydrogen-bond donors (Lipinski definition) is 1. The van der Waals surface area contributed by atoms with Gasteiger partial charge in [-0.3, -0.25) is 4.79 Å². The minimum Gasteiger partial charge on any atom is -0.346 e. The van der Waals surface area contributed by atoms with E-state index in [2.05, 4.69) is 15.5 Å². The standard InChI is InChI=1S/C20H22N4O/c1-13-10-14(2)19(15(3)11-13)20(25)21-12-18-16(4)22-24(23-18)17-8-6-5-7-9-17/h5-11H,12H2,1-4H3,(H,21,25). The largest absolute Gasteiger partial charge is 0.346 e. The maximum atomic E-state index is 12.6. The molecule has 5 nitrogen and oxygen atoms in total. The summed E-state index contributed by atoms with van der Waals surface area (Å²) in [5, 5.41) is 11.9. The van der Waals surface area contributed by atoms with E-state index >= 15 is 0 Å². The van der Waals surface area contributed by atoms with E-state index in [1.165, 1.54) is 0 Å². The van der Waals surface area contributed by atoms with Gasteiger partial charge in [-0.1, -0.05) is 35.9 Å². The van der Waals surface area contributed by atoms with Crippen LogP contribution in [0.4, 0.5) is 0 Å². The van der Waals surface area contributed by atoms with Gasteiger partial charge in [-0.15, -0.1) is 0 Å². The van der Waals surface area contributed by atoms with Crippen LogP contribution in [0.3, 0.4) is 0 Å². The van der Waals surface area contributed by atoms with E-state index in [1.54, 1.807) is 4.80 Å². The third-order valence-corrected chi connectivity index (χ3v) is 4.19. The van der Waals surface area contributed by atoms with Crippen LogP contribution in [0.1, 0.15) is 38.4 Å². The number of carbonyl (C=O) groups excluding carboxylic acids is 1. The highest BCUT2D eigenvalue weighted by atomic mass is 16.1. The molecule has 0 fully saturated rings. The Balaban J connectivity index is 1.76. The van der Waals surface area contributed by atoms with Crippen LogP contribution < -0.4 is 5.32 Å². The third kappa shape index (κ3) is 3.60. The van der Waals surface area contributed by atoms with Gasteiger partial charge in [0.25, 0.3) is 5.91 Å². The van der Waals surface area contributed by atoms with Crippen LogP contribution in [0.25, 0.3) is 5.69 Å². The van der Waals surface area contributed by atoms with Gasteiger partial charge in [-0.2, -0.15) is 15.0 Å². The van der Waals surface area contributed by atoms with Crippen molar-refractivity contribution in [3.05, 3.63) is 76.1 Å². The molecule has 25 heavy (non-hydrogen) atoms. The lowest BCUT2D eigenvalue weighted by atomic mass is 9.99. The number of amides is 1. The van der Waals surface area contributed by atoms with Gasteiger partial charge in [0, 0.05) is 5.56 Å². The van der Waals surface area contributed by atoms with Gasteiger partial charge in [0.2, 0.25) is 0 Å². The highest BCUT2D eigenvalue weighted by Gasteiger charge is 2.14. The van der Waals surface area contributed by atoms with Crippen molar-refractivity contribution in [3.8, 4) is 5.69 Å². The predicted octanol–water partition coefficient (Wildman–Crippen LogP) is 3.43. The van der Waals surface area contributed by atoms with E-state index in [-0.39, 0.29) is 5.91 Å². The van der Waals surface area contributed by atoms with Gasteiger partial charge in [0.1, 0.15) is 5.69 Å². The van der Waals surface area contributed by atoms with E-state index in [1.807, 2.05) is 70.2 Å². The smallest absolute Gasteiger partial charge is 0.252 e.